The molecule has 1 fully saturated rings. The first-order chi connectivity index (χ1) is 12.5. The van der Waals surface area contributed by atoms with E-state index in [1.165, 1.54) is 25.0 Å². The maximum absolute atomic E-state index is 12.1. The van der Waals surface area contributed by atoms with Gasteiger partial charge in [-0.05, 0) is 68.7 Å². The molecule has 1 aromatic carbocycles. The van der Waals surface area contributed by atoms with Crippen molar-refractivity contribution in [3.63, 3.8) is 0 Å². The number of aromatic hydroxyl groups is 1. The van der Waals surface area contributed by atoms with Crippen LogP contribution in [-0.4, -0.2) is 36.1 Å². The van der Waals surface area contributed by atoms with Gasteiger partial charge < -0.3 is 21.1 Å². The highest BCUT2D eigenvalue weighted by atomic mass is 127. The molecule has 1 amide bonds. The third-order valence-electron chi connectivity index (χ3n) is 4.93. The van der Waals surface area contributed by atoms with Crippen molar-refractivity contribution in [1.29, 1.82) is 0 Å². The zero-order valence-electron chi connectivity index (χ0n) is 16.5. The van der Waals surface area contributed by atoms with Crippen molar-refractivity contribution in [3.05, 3.63) is 24.3 Å². The number of guanidine groups is 1. The van der Waals surface area contributed by atoms with Gasteiger partial charge in [-0.3, -0.25) is 4.79 Å². The van der Waals surface area contributed by atoms with Gasteiger partial charge in [0.25, 0.3) is 0 Å². The summed E-state index contributed by atoms with van der Waals surface area (Å²) in [4.78, 5) is 16.5. The van der Waals surface area contributed by atoms with Crippen LogP contribution in [0.5, 0.6) is 5.75 Å². The highest BCUT2D eigenvalue weighted by molar-refractivity contribution is 14.0. The Morgan fingerprint density at radius 1 is 1.19 bits per heavy atom. The minimum Gasteiger partial charge on any atom is -0.508 e. The summed E-state index contributed by atoms with van der Waals surface area (Å²) in [7, 11) is 0. The van der Waals surface area contributed by atoms with Gasteiger partial charge in [-0.2, -0.15) is 0 Å². The van der Waals surface area contributed by atoms with E-state index >= 15 is 0 Å². The van der Waals surface area contributed by atoms with Crippen molar-refractivity contribution in [2.24, 2.45) is 16.8 Å². The Balaban J connectivity index is 0.00000364. The largest absolute Gasteiger partial charge is 0.508 e. The van der Waals surface area contributed by atoms with Crippen molar-refractivity contribution >= 4 is 41.5 Å². The third kappa shape index (κ3) is 8.36. The van der Waals surface area contributed by atoms with Gasteiger partial charge in [0.05, 0.1) is 0 Å². The Hall–Kier alpha value is -1.51. The molecule has 4 N–H and O–H groups in total. The fraction of sp³-hybridized carbons (Fsp3) is 0.600. The summed E-state index contributed by atoms with van der Waals surface area (Å²) in [5.41, 5.74) is 0.646. The van der Waals surface area contributed by atoms with Crippen LogP contribution < -0.4 is 16.0 Å². The van der Waals surface area contributed by atoms with E-state index in [0.29, 0.717) is 17.7 Å². The van der Waals surface area contributed by atoms with E-state index in [1.807, 2.05) is 6.92 Å². The monoisotopic (exact) mass is 488 g/mol. The first kappa shape index (κ1) is 23.5. The smallest absolute Gasteiger partial charge is 0.246 e. The van der Waals surface area contributed by atoms with Crippen LogP contribution in [0.25, 0.3) is 0 Å². The molecule has 0 heterocycles. The highest BCUT2D eigenvalue weighted by Gasteiger charge is 2.23. The zero-order valence-corrected chi connectivity index (χ0v) is 18.8. The van der Waals surface area contributed by atoms with E-state index in [0.717, 1.165) is 31.2 Å². The number of nitrogens with one attached hydrogen (secondary N) is 3. The van der Waals surface area contributed by atoms with Gasteiger partial charge in [-0.25, -0.2) is 4.99 Å². The number of carbonyl (C=O) groups excluding carboxylic acids is 1. The molecule has 1 aromatic rings. The lowest BCUT2D eigenvalue weighted by molar-refractivity contribution is -0.114. The Kier molecular flexibility index (Phi) is 10.5. The van der Waals surface area contributed by atoms with Crippen molar-refractivity contribution < 1.29 is 9.90 Å². The Labute approximate surface area is 179 Å². The van der Waals surface area contributed by atoms with Crippen LogP contribution in [0.1, 0.15) is 46.5 Å². The first-order valence-electron chi connectivity index (χ1n) is 9.61. The molecule has 0 unspecified atom stereocenters. The van der Waals surface area contributed by atoms with Crippen molar-refractivity contribution in [3.8, 4) is 5.75 Å². The Morgan fingerprint density at radius 3 is 2.37 bits per heavy atom. The molecule has 0 saturated heterocycles. The number of benzene rings is 1. The summed E-state index contributed by atoms with van der Waals surface area (Å²) >= 11 is 0. The van der Waals surface area contributed by atoms with Crippen LogP contribution >= 0.6 is 24.0 Å². The molecule has 2 rings (SSSR count). The van der Waals surface area contributed by atoms with E-state index in [2.05, 4.69) is 34.8 Å². The first-order valence-corrected chi connectivity index (χ1v) is 9.61. The summed E-state index contributed by atoms with van der Waals surface area (Å²) in [5.74, 6) is 2.26. The second-order valence-corrected chi connectivity index (χ2v) is 7.29. The van der Waals surface area contributed by atoms with E-state index in [-0.39, 0.29) is 42.2 Å². The van der Waals surface area contributed by atoms with Gasteiger partial charge >= 0.3 is 0 Å². The number of hydrogen-bond acceptors (Lipinski definition) is 3. The summed E-state index contributed by atoms with van der Waals surface area (Å²) in [5, 5.41) is 18.7. The standard InChI is InChI=1S/C20H32N4O2.HI/c1-4-21-20(24-17-7-5-15(6-8-17)14(2)3)22-13-19(26)23-16-9-11-18(25)12-10-16;/h9-12,14-15,17,25H,4-8,13H2,1-3H3,(H,23,26)(H2,21,22,24);1H. The van der Waals surface area contributed by atoms with Crippen LogP contribution in [0.4, 0.5) is 5.69 Å². The second kappa shape index (κ2) is 12.0. The van der Waals surface area contributed by atoms with E-state index < -0.39 is 0 Å². The number of phenols is 1. The molecule has 27 heavy (non-hydrogen) atoms. The van der Waals surface area contributed by atoms with E-state index in [1.54, 1.807) is 12.1 Å². The molecule has 1 aliphatic carbocycles. The fourth-order valence-corrected chi connectivity index (χ4v) is 3.34. The molecule has 0 aromatic heterocycles. The molecule has 0 atom stereocenters. The third-order valence-corrected chi connectivity index (χ3v) is 4.93. The minimum absolute atomic E-state index is 0. The van der Waals surface area contributed by atoms with Crippen LogP contribution in [-0.2, 0) is 4.79 Å². The van der Waals surface area contributed by atoms with Gasteiger partial charge in [0.1, 0.15) is 12.3 Å². The maximum atomic E-state index is 12.1. The maximum Gasteiger partial charge on any atom is 0.246 e. The van der Waals surface area contributed by atoms with E-state index in [9.17, 15) is 9.90 Å². The zero-order chi connectivity index (χ0) is 18.9. The molecule has 1 aliphatic rings. The number of halogens is 1. The van der Waals surface area contributed by atoms with E-state index in [4.69, 9.17) is 0 Å². The molecule has 7 heteroatoms. The predicted molar refractivity (Wildman–Crippen MR) is 122 cm³/mol. The van der Waals surface area contributed by atoms with Crippen LogP contribution in [0.3, 0.4) is 0 Å². The molecule has 0 radical (unpaired) electrons. The van der Waals surface area contributed by atoms with Gasteiger partial charge in [-0.1, -0.05) is 13.8 Å². The number of rotatable bonds is 6. The highest BCUT2D eigenvalue weighted by Crippen LogP contribution is 2.29. The van der Waals surface area contributed by atoms with Crippen LogP contribution in [0.15, 0.2) is 29.3 Å². The molecular formula is C20H33IN4O2. The summed E-state index contributed by atoms with van der Waals surface area (Å²) in [6.45, 7) is 7.43. The number of carbonyl (C=O) groups is 1. The Morgan fingerprint density at radius 2 is 1.81 bits per heavy atom. The molecule has 0 aliphatic heterocycles. The normalized spacial score (nSPS) is 19.9. The number of nitrogens with zero attached hydrogens (tertiary/aromatic N) is 1. The van der Waals surface area contributed by atoms with Gasteiger partial charge in [0.2, 0.25) is 5.91 Å². The van der Waals surface area contributed by atoms with Gasteiger partial charge in [0, 0.05) is 18.3 Å². The lowest BCUT2D eigenvalue weighted by atomic mass is 9.80. The fourth-order valence-electron chi connectivity index (χ4n) is 3.34. The number of aliphatic imine (C=N–C) groups is 1. The van der Waals surface area contributed by atoms with Gasteiger partial charge in [0.15, 0.2) is 5.96 Å². The molecule has 6 nitrogen and oxygen atoms in total. The molecule has 152 valence electrons. The summed E-state index contributed by atoms with van der Waals surface area (Å²) in [6, 6.07) is 6.82. The number of hydrogen-bond donors (Lipinski definition) is 4. The van der Waals surface area contributed by atoms with Crippen molar-refractivity contribution in [2.75, 3.05) is 18.4 Å². The predicted octanol–water partition coefficient (Wildman–Crippen LogP) is 3.72. The van der Waals surface area contributed by atoms with Crippen molar-refractivity contribution in [2.45, 2.75) is 52.5 Å². The lowest BCUT2D eigenvalue weighted by Crippen LogP contribution is -2.45. The Bertz CT molecular complexity index is 597. The average molecular weight is 488 g/mol. The molecular weight excluding hydrogens is 455 g/mol. The van der Waals surface area contributed by atoms with Crippen LogP contribution in [0, 0.1) is 11.8 Å². The summed E-state index contributed by atoms with van der Waals surface area (Å²) in [6.07, 6.45) is 4.78. The molecule has 0 spiro atoms. The topological polar surface area (TPSA) is 85.8 Å². The number of amides is 1. The number of anilines is 1. The molecule has 1 saturated carbocycles. The average Bonchev–Trinajstić information content (AvgIpc) is 2.62. The second-order valence-electron chi connectivity index (χ2n) is 7.29. The minimum atomic E-state index is -0.184. The lowest BCUT2D eigenvalue weighted by Gasteiger charge is -2.32. The summed E-state index contributed by atoms with van der Waals surface area (Å²) < 4.78 is 0. The number of phenolic OH excluding ortho intramolecular Hbond substituents is 1. The van der Waals surface area contributed by atoms with Gasteiger partial charge in [-0.15, -0.1) is 24.0 Å². The van der Waals surface area contributed by atoms with Crippen LogP contribution in [0.2, 0.25) is 0 Å². The molecule has 0 bridgehead atoms. The van der Waals surface area contributed by atoms with Crippen molar-refractivity contribution in [1.82, 2.24) is 10.6 Å². The SMILES string of the molecule is CCNC(=NCC(=O)Nc1ccc(O)cc1)NC1CCC(C(C)C)CC1.I. The quantitative estimate of drug-likeness (QED) is 0.213.